The van der Waals surface area contributed by atoms with E-state index in [-0.39, 0.29) is 5.91 Å². The highest BCUT2D eigenvalue weighted by Gasteiger charge is 2.10. The van der Waals surface area contributed by atoms with Crippen LogP contribution in [-0.2, 0) is 11.2 Å². The summed E-state index contributed by atoms with van der Waals surface area (Å²) in [6, 6.07) is 9.28. The smallest absolute Gasteiger partial charge is 0.226 e. The molecule has 124 valence electrons. The summed E-state index contributed by atoms with van der Waals surface area (Å²) in [7, 11) is 0. The zero-order chi connectivity index (χ0) is 16.9. The van der Waals surface area contributed by atoms with Crippen molar-refractivity contribution in [2.24, 2.45) is 0 Å². The van der Waals surface area contributed by atoms with Gasteiger partial charge in [0, 0.05) is 23.6 Å². The van der Waals surface area contributed by atoms with Crippen LogP contribution in [0.15, 0.2) is 40.2 Å². The molecule has 0 radical (unpaired) electrons. The standard InChI is InChI=1S/C17H16ClN3O2S/c1-11-10-12(18)7-8-13(11)19-15(22)5-2-6-16-20-17(21-23-16)14-4-3-9-24-14/h3-4,7-10H,2,5-6H2,1H3,(H,19,22). The number of carbonyl (C=O) groups is 1. The second kappa shape index (κ2) is 7.59. The fourth-order valence-corrected chi connectivity index (χ4v) is 3.12. The van der Waals surface area contributed by atoms with E-state index < -0.39 is 0 Å². The number of thiophene rings is 1. The molecule has 2 heterocycles. The summed E-state index contributed by atoms with van der Waals surface area (Å²) in [5.74, 6) is 1.11. The second-order valence-corrected chi connectivity index (χ2v) is 6.73. The van der Waals surface area contributed by atoms with E-state index >= 15 is 0 Å². The Balaban J connectivity index is 1.48. The molecule has 0 aliphatic carbocycles. The van der Waals surface area contributed by atoms with Gasteiger partial charge in [-0.3, -0.25) is 4.79 Å². The molecule has 3 rings (SSSR count). The molecule has 7 heteroatoms. The van der Waals surface area contributed by atoms with Crippen LogP contribution in [-0.4, -0.2) is 16.0 Å². The third-order valence-corrected chi connectivity index (χ3v) is 4.57. The number of aromatic nitrogens is 2. The van der Waals surface area contributed by atoms with Crippen molar-refractivity contribution in [3.05, 3.63) is 52.2 Å². The second-order valence-electron chi connectivity index (χ2n) is 5.35. The maximum Gasteiger partial charge on any atom is 0.226 e. The molecule has 1 amide bonds. The molecule has 3 aromatic rings. The minimum Gasteiger partial charge on any atom is -0.339 e. The first-order valence-corrected chi connectivity index (χ1v) is 8.80. The van der Waals surface area contributed by atoms with Crippen molar-refractivity contribution >= 4 is 34.5 Å². The number of carbonyl (C=O) groups excluding carboxylic acids is 1. The number of amides is 1. The number of aryl methyl sites for hydroxylation is 2. The van der Waals surface area contributed by atoms with Gasteiger partial charge in [-0.2, -0.15) is 4.98 Å². The van der Waals surface area contributed by atoms with Gasteiger partial charge in [0.05, 0.1) is 4.88 Å². The molecule has 0 aliphatic rings. The largest absolute Gasteiger partial charge is 0.339 e. The first-order chi connectivity index (χ1) is 11.6. The Hall–Kier alpha value is -2.18. The van der Waals surface area contributed by atoms with E-state index in [1.165, 1.54) is 0 Å². The number of nitrogens with zero attached hydrogens (tertiary/aromatic N) is 2. The average molecular weight is 362 g/mol. The molecular formula is C17H16ClN3O2S. The predicted molar refractivity (Wildman–Crippen MR) is 95.4 cm³/mol. The highest BCUT2D eigenvalue weighted by molar-refractivity contribution is 7.13. The first kappa shape index (κ1) is 16.7. The van der Waals surface area contributed by atoms with Gasteiger partial charge in [0.25, 0.3) is 0 Å². The van der Waals surface area contributed by atoms with Crippen LogP contribution >= 0.6 is 22.9 Å². The van der Waals surface area contributed by atoms with Crippen LogP contribution in [0.5, 0.6) is 0 Å². The molecule has 5 nitrogen and oxygen atoms in total. The van der Waals surface area contributed by atoms with E-state index in [0.717, 1.165) is 16.1 Å². The highest BCUT2D eigenvalue weighted by Crippen LogP contribution is 2.22. The lowest BCUT2D eigenvalue weighted by atomic mass is 10.2. The molecule has 0 atom stereocenters. The first-order valence-electron chi connectivity index (χ1n) is 7.54. The van der Waals surface area contributed by atoms with E-state index in [1.54, 1.807) is 23.5 Å². The number of halogens is 1. The Labute approximate surface area is 148 Å². The van der Waals surface area contributed by atoms with Crippen molar-refractivity contribution in [2.45, 2.75) is 26.2 Å². The van der Waals surface area contributed by atoms with E-state index in [4.69, 9.17) is 16.1 Å². The van der Waals surface area contributed by atoms with E-state index in [0.29, 0.717) is 36.0 Å². The van der Waals surface area contributed by atoms with Crippen LogP contribution in [0.25, 0.3) is 10.7 Å². The molecule has 1 N–H and O–H groups in total. The molecule has 0 spiro atoms. The molecule has 0 saturated carbocycles. The SMILES string of the molecule is Cc1cc(Cl)ccc1NC(=O)CCCc1nc(-c2cccs2)no1. The Bertz CT molecular complexity index is 830. The zero-order valence-corrected chi connectivity index (χ0v) is 14.7. The zero-order valence-electron chi connectivity index (χ0n) is 13.1. The Morgan fingerprint density at radius 2 is 2.25 bits per heavy atom. The van der Waals surface area contributed by atoms with Gasteiger partial charge < -0.3 is 9.84 Å². The van der Waals surface area contributed by atoms with Gasteiger partial charge in [-0.1, -0.05) is 22.8 Å². The van der Waals surface area contributed by atoms with Gasteiger partial charge in [-0.15, -0.1) is 11.3 Å². The third kappa shape index (κ3) is 4.21. The van der Waals surface area contributed by atoms with E-state index in [9.17, 15) is 4.79 Å². The lowest BCUT2D eigenvalue weighted by Crippen LogP contribution is -2.12. The lowest BCUT2D eigenvalue weighted by Gasteiger charge is -2.08. The molecule has 1 aromatic carbocycles. The number of hydrogen-bond donors (Lipinski definition) is 1. The number of benzene rings is 1. The third-order valence-electron chi connectivity index (χ3n) is 3.47. The summed E-state index contributed by atoms with van der Waals surface area (Å²) < 4.78 is 5.22. The summed E-state index contributed by atoms with van der Waals surface area (Å²) in [5, 5.41) is 9.47. The summed E-state index contributed by atoms with van der Waals surface area (Å²) in [6.45, 7) is 1.91. The van der Waals surface area contributed by atoms with Crippen molar-refractivity contribution in [2.75, 3.05) is 5.32 Å². The molecule has 0 saturated heterocycles. The molecule has 24 heavy (non-hydrogen) atoms. The van der Waals surface area contributed by atoms with E-state index in [1.807, 2.05) is 30.5 Å². The number of rotatable bonds is 6. The fraction of sp³-hybridized carbons (Fsp3) is 0.235. The minimum absolute atomic E-state index is 0.0431. The Morgan fingerprint density at radius 1 is 1.38 bits per heavy atom. The molecule has 0 bridgehead atoms. The number of hydrogen-bond acceptors (Lipinski definition) is 5. The van der Waals surface area contributed by atoms with Crippen LogP contribution in [0.1, 0.15) is 24.3 Å². The average Bonchev–Trinajstić information content (AvgIpc) is 3.21. The van der Waals surface area contributed by atoms with Crippen LogP contribution in [0.2, 0.25) is 5.02 Å². The van der Waals surface area contributed by atoms with Gasteiger partial charge >= 0.3 is 0 Å². The van der Waals surface area contributed by atoms with Gasteiger partial charge in [0.15, 0.2) is 0 Å². The van der Waals surface area contributed by atoms with Gasteiger partial charge in [0.1, 0.15) is 0 Å². The van der Waals surface area contributed by atoms with Crippen LogP contribution < -0.4 is 5.32 Å². The Morgan fingerprint density at radius 3 is 3.00 bits per heavy atom. The predicted octanol–water partition coefficient (Wildman–Crippen LogP) is 4.72. The van der Waals surface area contributed by atoms with Gasteiger partial charge in [-0.05, 0) is 48.6 Å². The summed E-state index contributed by atoms with van der Waals surface area (Å²) in [4.78, 5) is 17.3. The van der Waals surface area contributed by atoms with Crippen LogP contribution in [0.3, 0.4) is 0 Å². The number of nitrogens with one attached hydrogen (secondary N) is 1. The van der Waals surface area contributed by atoms with E-state index in [2.05, 4.69) is 15.5 Å². The molecule has 0 fully saturated rings. The molecular weight excluding hydrogens is 346 g/mol. The maximum atomic E-state index is 12.0. The van der Waals surface area contributed by atoms with Crippen LogP contribution in [0.4, 0.5) is 5.69 Å². The quantitative estimate of drug-likeness (QED) is 0.689. The van der Waals surface area contributed by atoms with Crippen molar-refractivity contribution in [1.82, 2.24) is 10.1 Å². The number of anilines is 1. The normalized spacial score (nSPS) is 10.8. The summed E-state index contributed by atoms with van der Waals surface area (Å²) in [5.41, 5.74) is 1.72. The van der Waals surface area contributed by atoms with Crippen LogP contribution in [0, 0.1) is 6.92 Å². The lowest BCUT2D eigenvalue weighted by molar-refractivity contribution is -0.116. The van der Waals surface area contributed by atoms with Crippen molar-refractivity contribution in [3.63, 3.8) is 0 Å². The van der Waals surface area contributed by atoms with Gasteiger partial charge in [0.2, 0.25) is 17.6 Å². The molecule has 0 unspecified atom stereocenters. The van der Waals surface area contributed by atoms with Gasteiger partial charge in [-0.25, -0.2) is 0 Å². The monoisotopic (exact) mass is 361 g/mol. The summed E-state index contributed by atoms with van der Waals surface area (Å²) in [6.07, 6.45) is 1.61. The maximum absolute atomic E-state index is 12.0. The Kier molecular flexibility index (Phi) is 5.27. The molecule has 0 aliphatic heterocycles. The fourth-order valence-electron chi connectivity index (χ4n) is 2.24. The summed E-state index contributed by atoms with van der Waals surface area (Å²) >= 11 is 7.47. The van der Waals surface area contributed by atoms with Crippen molar-refractivity contribution in [1.29, 1.82) is 0 Å². The van der Waals surface area contributed by atoms with Crippen molar-refractivity contribution < 1.29 is 9.32 Å². The van der Waals surface area contributed by atoms with Crippen molar-refractivity contribution in [3.8, 4) is 10.7 Å². The molecule has 2 aromatic heterocycles. The highest BCUT2D eigenvalue weighted by atomic mass is 35.5. The minimum atomic E-state index is -0.0431. The topological polar surface area (TPSA) is 68.0 Å².